The van der Waals surface area contributed by atoms with E-state index in [1.54, 1.807) is 30.3 Å². The number of fused-ring (bicyclic) bond motifs is 1. The van der Waals surface area contributed by atoms with Crippen molar-refractivity contribution in [2.24, 2.45) is 0 Å². The van der Waals surface area contributed by atoms with Gasteiger partial charge in [-0.3, -0.25) is 4.79 Å². The summed E-state index contributed by atoms with van der Waals surface area (Å²) in [6.07, 6.45) is -0.0950. The third kappa shape index (κ3) is 4.98. The Morgan fingerprint density at radius 1 is 0.938 bits per heavy atom. The molecule has 0 saturated carbocycles. The summed E-state index contributed by atoms with van der Waals surface area (Å²) in [5.41, 5.74) is 2.59. The first-order chi connectivity index (χ1) is 15.3. The van der Waals surface area contributed by atoms with Gasteiger partial charge in [-0.15, -0.1) is 0 Å². The lowest BCUT2D eigenvalue weighted by Crippen LogP contribution is -2.27. The SMILES string of the molecule is O=C(CCNS(=O)(=O)c1ccc(F)cc1)Nc1ccc2nc(-c3ccc(F)cc3)[nH]c2c1. The van der Waals surface area contributed by atoms with E-state index in [1.165, 1.54) is 12.1 Å². The van der Waals surface area contributed by atoms with Crippen molar-refractivity contribution in [3.05, 3.63) is 78.4 Å². The number of benzene rings is 3. The molecular formula is C22H18F2N4O3S. The first kappa shape index (κ1) is 21.6. The van der Waals surface area contributed by atoms with Gasteiger partial charge in [-0.2, -0.15) is 0 Å². The monoisotopic (exact) mass is 456 g/mol. The zero-order chi connectivity index (χ0) is 22.7. The van der Waals surface area contributed by atoms with Crippen LogP contribution in [0.15, 0.2) is 71.6 Å². The van der Waals surface area contributed by atoms with E-state index in [1.807, 2.05) is 0 Å². The van der Waals surface area contributed by atoms with E-state index in [-0.39, 0.29) is 29.6 Å². The van der Waals surface area contributed by atoms with Gasteiger partial charge in [-0.05, 0) is 66.7 Å². The highest BCUT2D eigenvalue weighted by molar-refractivity contribution is 7.89. The van der Waals surface area contributed by atoms with Gasteiger partial charge in [-0.1, -0.05) is 0 Å². The molecule has 10 heteroatoms. The largest absolute Gasteiger partial charge is 0.338 e. The molecule has 0 unspecified atom stereocenters. The lowest BCUT2D eigenvalue weighted by Gasteiger charge is -2.08. The number of amides is 1. The maximum atomic E-state index is 13.1. The third-order valence-electron chi connectivity index (χ3n) is 4.65. The van der Waals surface area contributed by atoms with E-state index in [4.69, 9.17) is 0 Å². The molecule has 0 aliphatic carbocycles. The number of rotatable bonds is 7. The molecule has 0 fully saturated rings. The van der Waals surface area contributed by atoms with Crippen LogP contribution in [-0.2, 0) is 14.8 Å². The highest BCUT2D eigenvalue weighted by Crippen LogP contribution is 2.23. The predicted octanol–water partition coefficient (Wildman–Crippen LogP) is 3.82. The molecule has 1 heterocycles. The molecule has 4 rings (SSSR count). The molecule has 3 aromatic carbocycles. The van der Waals surface area contributed by atoms with Gasteiger partial charge >= 0.3 is 0 Å². The number of nitrogens with one attached hydrogen (secondary N) is 3. The van der Waals surface area contributed by atoms with Gasteiger partial charge in [-0.25, -0.2) is 26.9 Å². The summed E-state index contributed by atoms with van der Waals surface area (Å²) >= 11 is 0. The van der Waals surface area contributed by atoms with Crippen molar-refractivity contribution in [2.45, 2.75) is 11.3 Å². The first-order valence-corrected chi connectivity index (χ1v) is 11.1. The fourth-order valence-electron chi connectivity index (χ4n) is 3.05. The number of H-pyrrole nitrogens is 1. The second-order valence-corrected chi connectivity index (χ2v) is 8.74. The van der Waals surface area contributed by atoms with Gasteiger partial charge in [0.25, 0.3) is 0 Å². The molecule has 0 aliphatic heterocycles. The van der Waals surface area contributed by atoms with Crippen LogP contribution in [0.5, 0.6) is 0 Å². The summed E-state index contributed by atoms with van der Waals surface area (Å²) in [4.78, 5) is 19.7. The number of hydrogen-bond acceptors (Lipinski definition) is 4. The van der Waals surface area contributed by atoms with Crippen LogP contribution in [0.4, 0.5) is 14.5 Å². The van der Waals surface area contributed by atoms with Crippen molar-refractivity contribution < 1.29 is 22.0 Å². The average molecular weight is 456 g/mol. The Morgan fingerprint density at radius 3 is 2.28 bits per heavy atom. The number of hydrogen-bond donors (Lipinski definition) is 3. The Morgan fingerprint density at radius 2 is 1.59 bits per heavy atom. The summed E-state index contributed by atoms with van der Waals surface area (Å²) < 4.78 is 52.7. The van der Waals surface area contributed by atoms with E-state index < -0.39 is 15.8 Å². The quantitative estimate of drug-likeness (QED) is 0.393. The van der Waals surface area contributed by atoms with Gasteiger partial charge < -0.3 is 10.3 Å². The fourth-order valence-corrected chi connectivity index (χ4v) is 4.08. The molecule has 0 bridgehead atoms. The van der Waals surface area contributed by atoms with Crippen molar-refractivity contribution in [1.82, 2.24) is 14.7 Å². The molecule has 4 aromatic rings. The summed E-state index contributed by atoms with van der Waals surface area (Å²) in [7, 11) is -3.83. The van der Waals surface area contributed by atoms with Gasteiger partial charge in [0.05, 0.1) is 15.9 Å². The van der Waals surface area contributed by atoms with Gasteiger partial charge in [0, 0.05) is 24.2 Å². The predicted molar refractivity (Wildman–Crippen MR) is 116 cm³/mol. The Balaban J connectivity index is 1.37. The van der Waals surface area contributed by atoms with E-state index >= 15 is 0 Å². The smallest absolute Gasteiger partial charge is 0.240 e. The summed E-state index contributed by atoms with van der Waals surface area (Å²) in [5, 5.41) is 2.70. The zero-order valence-electron chi connectivity index (χ0n) is 16.6. The Labute approximate surface area is 182 Å². The van der Waals surface area contributed by atoms with Crippen LogP contribution in [0.2, 0.25) is 0 Å². The standard InChI is InChI=1S/C22H18F2N4O3S/c23-15-3-1-14(2-4-15)22-27-19-10-7-17(13-20(19)28-22)26-21(29)11-12-25-32(30,31)18-8-5-16(24)6-9-18/h1-10,13,25H,11-12H2,(H,26,29)(H,27,28). The normalized spacial score (nSPS) is 11.6. The number of aromatic nitrogens is 2. The van der Waals surface area contributed by atoms with Crippen LogP contribution in [0, 0.1) is 11.6 Å². The molecule has 0 spiro atoms. The lowest BCUT2D eigenvalue weighted by atomic mass is 10.2. The zero-order valence-corrected chi connectivity index (χ0v) is 17.4. The summed E-state index contributed by atoms with van der Waals surface area (Å²) in [6.45, 7) is -0.118. The number of aromatic amines is 1. The molecule has 7 nitrogen and oxygen atoms in total. The van der Waals surface area contributed by atoms with Gasteiger partial charge in [0.2, 0.25) is 15.9 Å². The number of nitrogens with zero attached hydrogens (tertiary/aromatic N) is 1. The van der Waals surface area contributed by atoms with Crippen molar-refractivity contribution in [3.8, 4) is 11.4 Å². The Hall–Kier alpha value is -3.63. The maximum absolute atomic E-state index is 13.1. The number of carbonyl (C=O) groups is 1. The minimum atomic E-state index is -3.83. The van der Waals surface area contributed by atoms with Crippen LogP contribution in [0.25, 0.3) is 22.4 Å². The number of halogens is 2. The van der Waals surface area contributed by atoms with Crippen LogP contribution >= 0.6 is 0 Å². The van der Waals surface area contributed by atoms with Crippen LogP contribution in [-0.4, -0.2) is 30.8 Å². The molecule has 3 N–H and O–H groups in total. The molecule has 1 amide bonds. The Kier molecular flexibility index (Phi) is 5.97. The number of anilines is 1. The summed E-state index contributed by atoms with van der Waals surface area (Å²) in [6, 6.07) is 15.4. The minimum absolute atomic E-state index is 0.0824. The van der Waals surface area contributed by atoms with Crippen molar-refractivity contribution >= 4 is 32.7 Å². The lowest BCUT2D eigenvalue weighted by molar-refractivity contribution is -0.116. The average Bonchev–Trinajstić information content (AvgIpc) is 3.18. The van der Waals surface area contributed by atoms with Crippen LogP contribution in [0.3, 0.4) is 0 Å². The molecule has 0 atom stereocenters. The topological polar surface area (TPSA) is 104 Å². The molecule has 164 valence electrons. The molecular weight excluding hydrogens is 438 g/mol. The van der Waals surface area contributed by atoms with Crippen molar-refractivity contribution in [2.75, 3.05) is 11.9 Å². The molecule has 0 aliphatic rings. The second-order valence-electron chi connectivity index (χ2n) is 6.97. The van der Waals surface area contributed by atoms with Crippen molar-refractivity contribution in [1.29, 1.82) is 0 Å². The molecule has 0 radical (unpaired) electrons. The number of imidazole rings is 1. The fraction of sp³-hybridized carbons (Fsp3) is 0.0909. The number of sulfonamides is 1. The highest BCUT2D eigenvalue weighted by atomic mass is 32.2. The van der Waals surface area contributed by atoms with Gasteiger partial charge in [0.1, 0.15) is 17.5 Å². The molecule has 32 heavy (non-hydrogen) atoms. The first-order valence-electron chi connectivity index (χ1n) is 9.61. The number of carbonyl (C=O) groups excluding carboxylic acids is 1. The summed E-state index contributed by atoms with van der Waals surface area (Å²) in [5.74, 6) is -0.694. The maximum Gasteiger partial charge on any atom is 0.240 e. The molecule has 0 saturated heterocycles. The molecule has 1 aromatic heterocycles. The Bertz CT molecular complexity index is 1370. The highest BCUT2D eigenvalue weighted by Gasteiger charge is 2.14. The van der Waals surface area contributed by atoms with E-state index in [0.29, 0.717) is 22.5 Å². The van der Waals surface area contributed by atoms with Crippen LogP contribution < -0.4 is 10.0 Å². The third-order valence-corrected chi connectivity index (χ3v) is 6.13. The van der Waals surface area contributed by atoms with E-state index in [9.17, 15) is 22.0 Å². The second kappa shape index (κ2) is 8.85. The van der Waals surface area contributed by atoms with Gasteiger partial charge in [0.15, 0.2) is 0 Å². The van der Waals surface area contributed by atoms with Crippen molar-refractivity contribution in [3.63, 3.8) is 0 Å². The van der Waals surface area contributed by atoms with Crippen LogP contribution in [0.1, 0.15) is 6.42 Å². The van der Waals surface area contributed by atoms with E-state index in [2.05, 4.69) is 20.0 Å². The minimum Gasteiger partial charge on any atom is -0.338 e. The van der Waals surface area contributed by atoms with E-state index in [0.717, 1.165) is 29.8 Å².